The van der Waals surface area contributed by atoms with Crippen LogP contribution in [0.5, 0.6) is 0 Å². The summed E-state index contributed by atoms with van der Waals surface area (Å²) in [6, 6.07) is 6.88. The molecule has 0 fully saturated rings. The molecule has 2 aromatic rings. The number of carbonyl (C=O) groups is 2. The molecule has 0 spiro atoms. The second-order valence-electron chi connectivity index (χ2n) is 8.65. The first-order valence-corrected chi connectivity index (χ1v) is 11.7. The van der Waals surface area contributed by atoms with E-state index in [1.54, 1.807) is 33.8 Å². The molecule has 0 saturated heterocycles. The molecule has 1 aromatic carbocycles. The van der Waals surface area contributed by atoms with E-state index in [2.05, 4.69) is 15.1 Å². The number of hydrogen-bond donors (Lipinski definition) is 3. The van der Waals surface area contributed by atoms with Gasteiger partial charge in [-0.15, -0.1) is 0 Å². The highest BCUT2D eigenvalue weighted by Gasteiger charge is 2.30. The topological polar surface area (TPSA) is 139 Å². The van der Waals surface area contributed by atoms with E-state index in [1.165, 1.54) is 0 Å². The van der Waals surface area contributed by atoms with Crippen molar-refractivity contribution in [3.63, 3.8) is 0 Å². The summed E-state index contributed by atoms with van der Waals surface area (Å²) in [4.78, 5) is 26.6. The van der Waals surface area contributed by atoms with Crippen molar-refractivity contribution in [2.45, 2.75) is 45.9 Å². The van der Waals surface area contributed by atoms with Gasteiger partial charge in [0.25, 0.3) is 5.91 Å². The van der Waals surface area contributed by atoms with Crippen molar-refractivity contribution < 1.29 is 18.0 Å². The van der Waals surface area contributed by atoms with Crippen molar-refractivity contribution >= 4 is 22.0 Å². The number of benzene rings is 1. The van der Waals surface area contributed by atoms with Gasteiger partial charge in [0.2, 0.25) is 10.0 Å². The minimum Gasteiger partial charge on any atom is -0.365 e. The Balaban J connectivity index is 1.93. The Morgan fingerprint density at radius 2 is 1.94 bits per heavy atom. The molecule has 0 aliphatic carbocycles. The van der Waals surface area contributed by atoms with Gasteiger partial charge in [0.1, 0.15) is 5.69 Å². The van der Waals surface area contributed by atoms with Gasteiger partial charge in [-0.05, 0) is 32.4 Å². The van der Waals surface area contributed by atoms with E-state index < -0.39 is 15.9 Å². The van der Waals surface area contributed by atoms with Gasteiger partial charge in [-0.3, -0.25) is 9.48 Å². The highest BCUT2D eigenvalue weighted by atomic mass is 32.2. The number of nitrogens with one attached hydrogen (secondary N) is 2. The third kappa shape index (κ3) is 5.61. The minimum atomic E-state index is -3.34. The van der Waals surface area contributed by atoms with E-state index >= 15 is 0 Å². The maximum atomic E-state index is 12.6. The molecular formula is C20H28N6O4S. The molecule has 10 nitrogen and oxygen atoms in total. The number of urea groups is 1. The largest absolute Gasteiger partial charge is 0.365 e. The molecule has 31 heavy (non-hydrogen) atoms. The summed E-state index contributed by atoms with van der Waals surface area (Å²) in [6.45, 7) is 6.91. The van der Waals surface area contributed by atoms with E-state index in [1.807, 2.05) is 20.8 Å². The molecule has 3 amide bonds. The molecular weight excluding hydrogens is 420 g/mol. The van der Waals surface area contributed by atoms with E-state index in [0.29, 0.717) is 30.0 Å². The number of rotatable bonds is 5. The Kier molecular flexibility index (Phi) is 6.10. The van der Waals surface area contributed by atoms with Crippen LogP contribution in [0.1, 0.15) is 42.4 Å². The van der Waals surface area contributed by atoms with Crippen LogP contribution in [-0.4, -0.2) is 53.4 Å². The number of hydrogen-bond acceptors (Lipinski definition) is 5. The van der Waals surface area contributed by atoms with Crippen LogP contribution < -0.4 is 15.8 Å². The number of primary amides is 1. The second kappa shape index (κ2) is 8.31. The number of sulfonamides is 1. The Morgan fingerprint density at radius 1 is 1.23 bits per heavy atom. The molecule has 0 radical (unpaired) electrons. The standard InChI is InChI=1S/C20H28N6O4S/c1-20(2,3)23-19(28)25-8-9-26-15(12-25)16(18(21)27)17(24-26)14-7-5-6-13(10-14)11-22-31(4,29)30/h5-7,10,22H,8-9,11-12H2,1-4H3,(H2,21,27)(H,23,28). The Hall–Kier alpha value is -2.92. The molecule has 2 heterocycles. The zero-order chi connectivity index (χ0) is 23.0. The van der Waals surface area contributed by atoms with Crippen LogP contribution >= 0.6 is 0 Å². The van der Waals surface area contributed by atoms with E-state index in [0.717, 1.165) is 11.8 Å². The van der Waals surface area contributed by atoms with Crippen LogP contribution in [0.25, 0.3) is 11.3 Å². The van der Waals surface area contributed by atoms with E-state index in [9.17, 15) is 18.0 Å². The molecule has 1 aromatic heterocycles. The van der Waals surface area contributed by atoms with Crippen LogP contribution in [0.2, 0.25) is 0 Å². The van der Waals surface area contributed by atoms with Crippen molar-refractivity contribution in [3.8, 4) is 11.3 Å². The second-order valence-corrected chi connectivity index (χ2v) is 10.5. The van der Waals surface area contributed by atoms with Crippen molar-refractivity contribution in [2.75, 3.05) is 12.8 Å². The maximum Gasteiger partial charge on any atom is 0.318 e. The van der Waals surface area contributed by atoms with Gasteiger partial charge in [0.15, 0.2) is 0 Å². The molecule has 0 bridgehead atoms. The number of nitrogens with two attached hydrogens (primary N) is 1. The summed E-state index contributed by atoms with van der Waals surface area (Å²) in [7, 11) is -3.34. The fourth-order valence-corrected chi connectivity index (χ4v) is 3.82. The van der Waals surface area contributed by atoms with Crippen LogP contribution in [0.3, 0.4) is 0 Å². The first-order valence-electron chi connectivity index (χ1n) is 9.84. The van der Waals surface area contributed by atoms with Gasteiger partial charge < -0.3 is 16.0 Å². The molecule has 0 unspecified atom stereocenters. The van der Waals surface area contributed by atoms with Crippen LogP contribution in [0, 0.1) is 0 Å². The lowest BCUT2D eigenvalue weighted by atomic mass is 10.0. The van der Waals surface area contributed by atoms with Gasteiger partial charge >= 0.3 is 6.03 Å². The maximum absolute atomic E-state index is 12.6. The number of nitrogens with zero attached hydrogens (tertiary/aromatic N) is 3. The third-order valence-corrected chi connectivity index (χ3v) is 5.40. The summed E-state index contributed by atoms with van der Waals surface area (Å²) < 4.78 is 26.9. The van der Waals surface area contributed by atoms with Crippen LogP contribution in [-0.2, 0) is 29.7 Å². The van der Waals surface area contributed by atoms with Gasteiger partial charge in [-0.2, -0.15) is 5.10 Å². The van der Waals surface area contributed by atoms with Crippen LogP contribution in [0.15, 0.2) is 24.3 Å². The molecule has 1 aliphatic rings. The Labute approximate surface area is 181 Å². The third-order valence-electron chi connectivity index (χ3n) is 4.73. The predicted molar refractivity (Wildman–Crippen MR) is 117 cm³/mol. The molecule has 11 heteroatoms. The summed E-state index contributed by atoms with van der Waals surface area (Å²) in [5.74, 6) is -0.631. The summed E-state index contributed by atoms with van der Waals surface area (Å²) in [5, 5.41) is 7.50. The lowest BCUT2D eigenvalue weighted by molar-refractivity contribution is 0.0997. The predicted octanol–water partition coefficient (Wildman–Crippen LogP) is 1.02. The molecule has 0 saturated carbocycles. The van der Waals surface area contributed by atoms with Gasteiger partial charge in [0, 0.05) is 24.2 Å². The monoisotopic (exact) mass is 448 g/mol. The Morgan fingerprint density at radius 3 is 2.55 bits per heavy atom. The van der Waals surface area contributed by atoms with Crippen molar-refractivity contribution in [2.24, 2.45) is 5.73 Å². The minimum absolute atomic E-state index is 0.118. The fourth-order valence-electron chi connectivity index (χ4n) is 3.39. The van der Waals surface area contributed by atoms with Crippen LogP contribution in [0.4, 0.5) is 4.79 Å². The smallest absolute Gasteiger partial charge is 0.318 e. The molecule has 168 valence electrons. The zero-order valence-electron chi connectivity index (χ0n) is 18.1. The lowest BCUT2D eigenvalue weighted by Gasteiger charge is -2.31. The quantitative estimate of drug-likeness (QED) is 0.627. The average molecular weight is 449 g/mol. The highest BCUT2D eigenvalue weighted by Crippen LogP contribution is 2.29. The molecule has 0 atom stereocenters. The van der Waals surface area contributed by atoms with Crippen molar-refractivity contribution in [1.29, 1.82) is 0 Å². The molecule has 1 aliphatic heterocycles. The number of amides is 3. The van der Waals surface area contributed by atoms with Gasteiger partial charge in [-0.1, -0.05) is 18.2 Å². The summed E-state index contributed by atoms with van der Waals surface area (Å²) >= 11 is 0. The lowest BCUT2D eigenvalue weighted by Crippen LogP contribution is -2.50. The van der Waals surface area contributed by atoms with Gasteiger partial charge in [-0.25, -0.2) is 17.9 Å². The van der Waals surface area contributed by atoms with E-state index in [4.69, 9.17) is 5.73 Å². The number of aromatic nitrogens is 2. The highest BCUT2D eigenvalue weighted by molar-refractivity contribution is 7.88. The SMILES string of the molecule is CC(C)(C)NC(=O)N1CCn2nc(-c3cccc(CNS(C)(=O)=O)c3)c(C(N)=O)c2C1. The van der Waals surface area contributed by atoms with Crippen molar-refractivity contribution in [3.05, 3.63) is 41.1 Å². The normalized spacial score (nSPS) is 14.3. The average Bonchev–Trinajstić information content (AvgIpc) is 3.03. The summed E-state index contributed by atoms with van der Waals surface area (Å²) in [5.41, 5.74) is 7.94. The number of carbonyl (C=O) groups excluding carboxylic acids is 2. The number of fused-ring (bicyclic) bond motifs is 1. The first-order chi connectivity index (χ1) is 14.3. The fraction of sp³-hybridized carbons (Fsp3) is 0.450. The first kappa shape index (κ1) is 22.8. The van der Waals surface area contributed by atoms with E-state index in [-0.39, 0.29) is 30.2 Å². The van der Waals surface area contributed by atoms with Crippen molar-refractivity contribution in [1.82, 2.24) is 24.7 Å². The molecule has 3 rings (SSSR count). The van der Waals surface area contributed by atoms with Gasteiger partial charge in [0.05, 0.1) is 30.6 Å². The molecule has 4 N–H and O–H groups in total. The Bertz CT molecular complexity index is 1120. The zero-order valence-corrected chi connectivity index (χ0v) is 18.9. The summed E-state index contributed by atoms with van der Waals surface area (Å²) in [6.07, 6.45) is 1.09.